The Labute approximate surface area is 129 Å². The molecule has 1 aromatic rings. The third-order valence-electron chi connectivity index (χ3n) is 3.02. The second-order valence-electron chi connectivity index (χ2n) is 4.61. The van der Waals surface area contributed by atoms with Gasteiger partial charge in [-0.15, -0.1) is 0 Å². The lowest BCUT2D eigenvalue weighted by atomic mass is 10.0. The fraction of sp³-hybridized carbons (Fsp3) is 0.533. The summed E-state index contributed by atoms with van der Waals surface area (Å²) < 4.78 is 34.2. The molecule has 0 aliphatic carbocycles. The maximum atomic E-state index is 12.4. The Morgan fingerprint density at radius 1 is 1.32 bits per heavy atom. The van der Waals surface area contributed by atoms with Crippen molar-refractivity contribution >= 4 is 5.91 Å². The second kappa shape index (κ2) is 10.1. The lowest BCUT2D eigenvalue weighted by molar-refractivity contribution is -0.121. The summed E-state index contributed by atoms with van der Waals surface area (Å²) >= 11 is 0. The second-order valence-corrected chi connectivity index (χ2v) is 4.61. The van der Waals surface area contributed by atoms with E-state index in [1.54, 1.807) is 25.3 Å². The molecule has 1 amide bonds. The number of ether oxygens (including phenoxy) is 2. The number of carbonyl (C=O) groups excluding carboxylic acids is 1. The van der Waals surface area contributed by atoms with E-state index < -0.39 is 6.61 Å². The zero-order valence-corrected chi connectivity index (χ0v) is 12.8. The Hall–Kier alpha value is -1.73. The largest absolute Gasteiger partial charge is 0.434 e. The highest BCUT2D eigenvalue weighted by Gasteiger charge is 2.18. The lowest BCUT2D eigenvalue weighted by Gasteiger charge is -2.20. The van der Waals surface area contributed by atoms with Crippen molar-refractivity contribution in [2.24, 2.45) is 0 Å². The Bertz CT molecular complexity index is 458. The molecule has 0 aliphatic heterocycles. The van der Waals surface area contributed by atoms with Gasteiger partial charge in [0.25, 0.3) is 0 Å². The van der Waals surface area contributed by atoms with Crippen LogP contribution < -0.4 is 15.4 Å². The van der Waals surface area contributed by atoms with Crippen LogP contribution in [0.5, 0.6) is 5.75 Å². The number of methoxy groups -OCH3 is 1. The third-order valence-corrected chi connectivity index (χ3v) is 3.02. The van der Waals surface area contributed by atoms with Crippen molar-refractivity contribution < 1.29 is 23.0 Å². The molecule has 1 rings (SSSR count). The van der Waals surface area contributed by atoms with Crippen molar-refractivity contribution in [3.05, 3.63) is 29.8 Å². The van der Waals surface area contributed by atoms with Gasteiger partial charge in [0.15, 0.2) is 0 Å². The Balaban J connectivity index is 2.65. The summed E-state index contributed by atoms with van der Waals surface area (Å²) in [5.74, 6) is -0.133. The molecule has 0 saturated heterocycles. The molecule has 7 heteroatoms. The van der Waals surface area contributed by atoms with Crippen molar-refractivity contribution in [1.29, 1.82) is 0 Å². The van der Waals surface area contributed by atoms with Gasteiger partial charge in [0, 0.05) is 19.2 Å². The van der Waals surface area contributed by atoms with Crippen LogP contribution in [0.4, 0.5) is 8.78 Å². The quantitative estimate of drug-likeness (QED) is 0.649. The monoisotopic (exact) mass is 316 g/mol. The number of halogens is 2. The zero-order valence-electron chi connectivity index (χ0n) is 12.8. The summed E-state index contributed by atoms with van der Waals surface area (Å²) in [6.07, 6.45) is 0.563. The summed E-state index contributed by atoms with van der Waals surface area (Å²) in [7, 11) is 1.58. The molecule has 1 aromatic carbocycles. The standard InChI is InChI=1S/C15H22F2N2O3/c1-3-12(19-14(20)10-18-8-9-21-2)11-6-4-5-7-13(11)22-15(16)17/h4-7,12,15,18H,3,8-10H2,1-2H3,(H,19,20). The predicted octanol–water partition coefficient (Wildman–Crippen LogP) is 2.09. The average molecular weight is 316 g/mol. The van der Waals surface area contributed by atoms with Gasteiger partial charge in [0.2, 0.25) is 5.91 Å². The van der Waals surface area contributed by atoms with Crippen molar-refractivity contribution in [2.75, 3.05) is 26.8 Å². The molecular weight excluding hydrogens is 294 g/mol. The number of para-hydroxylation sites is 1. The topological polar surface area (TPSA) is 59.6 Å². The number of nitrogens with one attached hydrogen (secondary N) is 2. The molecule has 5 nitrogen and oxygen atoms in total. The van der Waals surface area contributed by atoms with Gasteiger partial charge in [-0.3, -0.25) is 4.79 Å². The highest BCUT2D eigenvalue weighted by atomic mass is 19.3. The normalized spacial score (nSPS) is 12.2. The number of benzene rings is 1. The first-order valence-electron chi connectivity index (χ1n) is 7.11. The van der Waals surface area contributed by atoms with Crippen LogP contribution in [0.3, 0.4) is 0 Å². The number of alkyl halides is 2. The van der Waals surface area contributed by atoms with Gasteiger partial charge < -0.3 is 20.1 Å². The fourth-order valence-corrected chi connectivity index (χ4v) is 1.99. The van der Waals surface area contributed by atoms with Gasteiger partial charge in [0.1, 0.15) is 5.75 Å². The molecular formula is C15H22F2N2O3. The molecule has 0 bridgehead atoms. The van der Waals surface area contributed by atoms with Crippen LogP contribution in [-0.4, -0.2) is 39.3 Å². The highest BCUT2D eigenvalue weighted by molar-refractivity contribution is 5.78. The van der Waals surface area contributed by atoms with Crippen LogP contribution in [0.1, 0.15) is 24.9 Å². The Morgan fingerprint density at radius 2 is 2.05 bits per heavy atom. The summed E-state index contributed by atoms with van der Waals surface area (Å²) in [5.41, 5.74) is 0.538. The summed E-state index contributed by atoms with van der Waals surface area (Å²) in [4.78, 5) is 11.9. The van der Waals surface area contributed by atoms with Crippen LogP contribution in [0.2, 0.25) is 0 Å². The molecule has 0 aliphatic rings. The molecule has 0 radical (unpaired) electrons. The van der Waals surface area contributed by atoms with Crippen molar-refractivity contribution in [1.82, 2.24) is 10.6 Å². The van der Waals surface area contributed by atoms with Gasteiger partial charge in [-0.2, -0.15) is 8.78 Å². The Morgan fingerprint density at radius 3 is 2.68 bits per heavy atom. The molecule has 2 N–H and O–H groups in total. The third kappa shape index (κ3) is 6.36. The molecule has 0 spiro atoms. The minimum Gasteiger partial charge on any atom is -0.434 e. The molecule has 0 heterocycles. The number of rotatable bonds is 10. The highest BCUT2D eigenvalue weighted by Crippen LogP contribution is 2.28. The first-order valence-corrected chi connectivity index (χ1v) is 7.11. The van der Waals surface area contributed by atoms with Gasteiger partial charge in [0.05, 0.1) is 19.2 Å². The number of hydrogen-bond donors (Lipinski definition) is 2. The SMILES string of the molecule is CCC(NC(=O)CNCCOC)c1ccccc1OC(F)F. The lowest BCUT2D eigenvalue weighted by Crippen LogP contribution is -2.37. The van der Waals surface area contributed by atoms with Crippen molar-refractivity contribution in [3.63, 3.8) is 0 Å². The van der Waals surface area contributed by atoms with Crippen LogP contribution >= 0.6 is 0 Å². The summed E-state index contributed by atoms with van der Waals surface area (Å²) in [5, 5.41) is 5.73. The number of hydrogen-bond acceptors (Lipinski definition) is 4. The molecule has 22 heavy (non-hydrogen) atoms. The van der Waals surface area contributed by atoms with E-state index in [9.17, 15) is 13.6 Å². The van der Waals surface area contributed by atoms with Crippen molar-refractivity contribution in [3.8, 4) is 5.75 Å². The van der Waals surface area contributed by atoms with Gasteiger partial charge in [-0.05, 0) is 12.5 Å². The smallest absolute Gasteiger partial charge is 0.387 e. The van der Waals surface area contributed by atoms with Crippen LogP contribution in [0.25, 0.3) is 0 Å². The molecule has 124 valence electrons. The predicted molar refractivity (Wildman–Crippen MR) is 79.0 cm³/mol. The van der Waals surface area contributed by atoms with E-state index in [4.69, 9.17) is 4.74 Å². The van der Waals surface area contributed by atoms with Crippen LogP contribution in [-0.2, 0) is 9.53 Å². The Kier molecular flexibility index (Phi) is 8.39. The number of amides is 1. The minimum atomic E-state index is -2.90. The van der Waals surface area contributed by atoms with E-state index in [0.717, 1.165) is 0 Å². The molecule has 0 saturated carbocycles. The van der Waals surface area contributed by atoms with Gasteiger partial charge in [-0.25, -0.2) is 0 Å². The maximum Gasteiger partial charge on any atom is 0.387 e. The van der Waals surface area contributed by atoms with Gasteiger partial charge in [-0.1, -0.05) is 25.1 Å². The number of carbonyl (C=O) groups is 1. The minimum absolute atomic E-state index is 0.0805. The molecule has 0 fully saturated rings. The first-order chi connectivity index (χ1) is 10.6. The fourth-order valence-electron chi connectivity index (χ4n) is 1.99. The zero-order chi connectivity index (χ0) is 16.4. The molecule has 1 unspecified atom stereocenters. The maximum absolute atomic E-state index is 12.4. The van der Waals surface area contributed by atoms with Crippen LogP contribution in [0.15, 0.2) is 24.3 Å². The van der Waals surface area contributed by atoms with E-state index in [0.29, 0.717) is 25.1 Å². The van der Waals surface area contributed by atoms with Crippen LogP contribution in [0, 0.1) is 0 Å². The van der Waals surface area contributed by atoms with Gasteiger partial charge >= 0.3 is 6.61 Å². The molecule has 0 aromatic heterocycles. The summed E-state index contributed by atoms with van der Waals surface area (Å²) in [6.45, 7) is 0.173. The average Bonchev–Trinajstić information content (AvgIpc) is 2.49. The van der Waals surface area contributed by atoms with E-state index in [-0.39, 0.29) is 24.2 Å². The molecule has 1 atom stereocenters. The van der Waals surface area contributed by atoms with E-state index in [1.807, 2.05) is 6.92 Å². The van der Waals surface area contributed by atoms with Crippen molar-refractivity contribution in [2.45, 2.75) is 26.0 Å². The van der Waals surface area contributed by atoms with E-state index in [1.165, 1.54) is 6.07 Å². The first kappa shape index (κ1) is 18.3. The van der Waals surface area contributed by atoms with E-state index in [2.05, 4.69) is 15.4 Å². The summed E-state index contributed by atoms with van der Waals surface area (Å²) in [6, 6.07) is 6.09. The van der Waals surface area contributed by atoms with E-state index >= 15 is 0 Å².